The molecule has 0 unspecified atom stereocenters. The molecule has 2 heterocycles. The highest BCUT2D eigenvalue weighted by molar-refractivity contribution is 7.93. The average molecular weight is 340 g/mol. The molecule has 124 valence electrons. The van der Waals surface area contributed by atoms with E-state index in [4.69, 9.17) is 9.52 Å². The van der Waals surface area contributed by atoms with Crippen LogP contribution in [0, 0.1) is 5.82 Å². The van der Waals surface area contributed by atoms with Crippen LogP contribution in [0.2, 0.25) is 0 Å². The molecule has 3 rings (SSSR count). The second-order valence-electron chi connectivity index (χ2n) is 5.29. The quantitative estimate of drug-likeness (QED) is 0.871. The van der Waals surface area contributed by atoms with Gasteiger partial charge in [0.1, 0.15) is 23.9 Å². The maximum atomic E-state index is 14.0. The molecule has 0 aliphatic carbocycles. The van der Waals surface area contributed by atoms with Gasteiger partial charge in [0.05, 0.1) is 18.0 Å². The van der Waals surface area contributed by atoms with E-state index in [2.05, 4.69) is 5.32 Å². The number of benzene rings is 1. The Kier molecular flexibility index (Phi) is 4.27. The Morgan fingerprint density at radius 1 is 1.26 bits per heavy atom. The van der Waals surface area contributed by atoms with E-state index >= 15 is 0 Å². The maximum absolute atomic E-state index is 14.0. The molecule has 1 aromatic heterocycles. The molecule has 2 aromatic rings. The number of furan rings is 1. The zero-order chi connectivity index (χ0) is 16.4. The average Bonchev–Trinajstić information content (AvgIpc) is 3.12. The van der Waals surface area contributed by atoms with Crippen molar-refractivity contribution in [3.05, 3.63) is 47.7 Å². The van der Waals surface area contributed by atoms with E-state index in [1.165, 1.54) is 18.2 Å². The number of sulfonamides is 1. The Hall–Kier alpha value is -2.06. The molecule has 6 nitrogen and oxygen atoms in total. The molecule has 1 fully saturated rings. The third-order valence-electron chi connectivity index (χ3n) is 3.65. The maximum Gasteiger partial charge on any atom is 0.235 e. The monoisotopic (exact) mass is 340 g/mol. The van der Waals surface area contributed by atoms with E-state index < -0.39 is 15.8 Å². The fraction of sp³-hybridized carbons (Fsp3) is 0.333. The van der Waals surface area contributed by atoms with E-state index in [-0.39, 0.29) is 18.0 Å². The topological polar surface area (TPSA) is 82.8 Å². The molecule has 0 radical (unpaired) electrons. The van der Waals surface area contributed by atoms with Gasteiger partial charge in [0, 0.05) is 12.2 Å². The van der Waals surface area contributed by atoms with Gasteiger partial charge < -0.3 is 14.8 Å². The highest BCUT2D eigenvalue weighted by atomic mass is 32.2. The van der Waals surface area contributed by atoms with Gasteiger partial charge in [0.15, 0.2) is 0 Å². The predicted molar refractivity (Wildman–Crippen MR) is 84.1 cm³/mol. The fourth-order valence-electron chi connectivity index (χ4n) is 2.52. The van der Waals surface area contributed by atoms with Crippen molar-refractivity contribution in [1.29, 1.82) is 0 Å². The first-order valence-corrected chi connectivity index (χ1v) is 8.83. The van der Waals surface area contributed by atoms with Crippen molar-refractivity contribution in [3.63, 3.8) is 0 Å². The standard InChI is InChI=1S/C15H17FN2O4S/c16-14-5-2-11(17-9-12-3-4-13(10-19)22-12)8-15(14)18-6-1-7-23(18,20)21/h2-5,8,17,19H,1,6-7,9-10H2. The van der Waals surface area contributed by atoms with E-state index in [1.54, 1.807) is 12.1 Å². The first kappa shape index (κ1) is 15.8. The molecule has 2 N–H and O–H groups in total. The Morgan fingerprint density at radius 2 is 2.04 bits per heavy atom. The van der Waals surface area contributed by atoms with E-state index in [0.29, 0.717) is 36.7 Å². The van der Waals surface area contributed by atoms with Crippen molar-refractivity contribution in [3.8, 4) is 0 Å². The lowest BCUT2D eigenvalue weighted by atomic mass is 10.2. The van der Waals surface area contributed by atoms with Crippen LogP contribution in [0.5, 0.6) is 0 Å². The van der Waals surface area contributed by atoms with Crippen molar-refractivity contribution < 1.29 is 22.3 Å². The van der Waals surface area contributed by atoms with Crippen molar-refractivity contribution in [2.24, 2.45) is 0 Å². The van der Waals surface area contributed by atoms with Gasteiger partial charge in [-0.1, -0.05) is 0 Å². The first-order chi connectivity index (χ1) is 11.0. The van der Waals surface area contributed by atoms with Gasteiger partial charge in [-0.2, -0.15) is 0 Å². The van der Waals surface area contributed by atoms with Crippen LogP contribution in [0.3, 0.4) is 0 Å². The van der Waals surface area contributed by atoms with Crippen LogP contribution in [0.25, 0.3) is 0 Å². The summed E-state index contributed by atoms with van der Waals surface area (Å²) in [4.78, 5) is 0. The minimum atomic E-state index is -3.43. The number of nitrogens with zero attached hydrogens (tertiary/aromatic N) is 1. The smallest absolute Gasteiger partial charge is 0.235 e. The highest BCUT2D eigenvalue weighted by Gasteiger charge is 2.30. The molecule has 1 aromatic carbocycles. The number of hydrogen-bond donors (Lipinski definition) is 2. The number of aliphatic hydroxyl groups excluding tert-OH is 1. The summed E-state index contributed by atoms with van der Waals surface area (Å²) in [6.07, 6.45) is 0.496. The summed E-state index contributed by atoms with van der Waals surface area (Å²) in [5.74, 6) is 0.556. The number of halogens is 1. The highest BCUT2D eigenvalue weighted by Crippen LogP contribution is 2.29. The number of nitrogens with one attached hydrogen (secondary N) is 1. The summed E-state index contributed by atoms with van der Waals surface area (Å²) in [5.41, 5.74) is 0.647. The summed E-state index contributed by atoms with van der Waals surface area (Å²) in [7, 11) is -3.43. The van der Waals surface area contributed by atoms with Crippen LogP contribution in [0.1, 0.15) is 17.9 Å². The first-order valence-electron chi connectivity index (χ1n) is 7.22. The summed E-state index contributed by atoms with van der Waals surface area (Å²) >= 11 is 0. The number of anilines is 2. The third kappa shape index (κ3) is 3.32. The molecule has 1 aliphatic heterocycles. The summed E-state index contributed by atoms with van der Waals surface area (Å²) in [6.45, 7) is 0.464. The van der Waals surface area contributed by atoms with Crippen LogP contribution in [-0.4, -0.2) is 25.8 Å². The normalized spacial score (nSPS) is 16.7. The predicted octanol–water partition coefficient (Wildman–Crippen LogP) is 2.06. The zero-order valence-corrected chi connectivity index (χ0v) is 13.1. The van der Waals surface area contributed by atoms with E-state index in [9.17, 15) is 12.8 Å². The van der Waals surface area contributed by atoms with Gasteiger partial charge in [-0.3, -0.25) is 4.31 Å². The van der Waals surface area contributed by atoms with Crippen LogP contribution >= 0.6 is 0 Å². The lowest BCUT2D eigenvalue weighted by Gasteiger charge is -2.18. The van der Waals surface area contributed by atoms with Crippen LogP contribution in [0.4, 0.5) is 15.8 Å². The van der Waals surface area contributed by atoms with Gasteiger partial charge in [-0.05, 0) is 36.8 Å². The summed E-state index contributed by atoms with van der Waals surface area (Å²) in [5, 5.41) is 12.0. The zero-order valence-electron chi connectivity index (χ0n) is 12.3. The van der Waals surface area contributed by atoms with E-state index in [0.717, 1.165) is 4.31 Å². The van der Waals surface area contributed by atoms with Crippen LogP contribution in [-0.2, 0) is 23.2 Å². The lowest BCUT2D eigenvalue weighted by Crippen LogP contribution is -2.26. The number of hydrogen-bond acceptors (Lipinski definition) is 5. The van der Waals surface area contributed by atoms with Crippen LogP contribution < -0.4 is 9.62 Å². The molecule has 23 heavy (non-hydrogen) atoms. The summed E-state index contributed by atoms with van der Waals surface area (Å²) < 4.78 is 44.3. The minimum Gasteiger partial charge on any atom is -0.462 e. The minimum absolute atomic E-state index is 0.0421. The van der Waals surface area contributed by atoms with Crippen molar-refractivity contribution in [2.45, 2.75) is 19.6 Å². The Balaban J connectivity index is 1.77. The third-order valence-corrected chi connectivity index (χ3v) is 5.51. The van der Waals surface area contributed by atoms with E-state index in [1.807, 2.05) is 0 Å². The Labute approximate surface area is 133 Å². The molecule has 0 atom stereocenters. The van der Waals surface area contributed by atoms with Crippen molar-refractivity contribution >= 4 is 21.4 Å². The second kappa shape index (κ2) is 6.21. The largest absolute Gasteiger partial charge is 0.462 e. The molecule has 1 aliphatic rings. The molecule has 0 saturated carbocycles. The summed E-state index contributed by atoms with van der Waals surface area (Å²) in [6, 6.07) is 7.66. The molecular weight excluding hydrogens is 323 g/mol. The lowest BCUT2D eigenvalue weighted by molar-refractivity contribution is 0.244. The van der Waals surface area contributed by atoms with Crippen molar-refractivity contribution in [2.75, 3.05) is 21.9 Å². The number of rotatable bonds is 5. The van der Waals surface area contributed by atoms with Gasteiger partial charge in [0.25, 0.3) is 0 Å². The SMILES string of the molecule is O=S1(=O)CCCN1c1cc(NCc2ccc(CO)o2)ccc1F. The van der Waals surface area contributed by atoms with Gasteiger partial charge in [0.2, 0.25) is 10.0 Å². The Morgan fingerprint density at radius 3 is 2.70 bits per heavy atom. The molecule has 0 spiro atoms. The molecule has 1 saturated heterocycles. The molecule has 8 heteroatoms. The van der Waals surface area contributed by atoms with Gasteiger partial charge in [-0.25, -0.2) is 12.8 Å². The van der Waals surface area contributed by atoms with Crippen LogP contribution in [0.15, 0.2) is 34.7 Å². The Bertz CT molecular complexity index is 804. The molecule has 0 amide bonds. The number of aliphatic hydroxyl groups is 1. The molecule has 0 bridgehead atoms. The second-order valence-corrected chi connectivity index (χ2v) is 7.30. The van der Waals surface area contributed by atoms with Gasteiger partial charge in [-0.15, -0.1) is 0 Å². The fourth-order valence-corrected chi connectivity index (χ4v) is 4.08. The van der Waals surface area contributed by atoms with Gasteiger partial charge >= 0.3 is 0 Å². The van der Waals surface area contributed by atoms with Crippen molar-refractivity contribution in [1.82, 2.24) is 0 Å². The molecular formula is C15H17FN2O4S.